The Bertz CT molecular complexity index is 764. The van der Waals surface area contributed by atoms with Crippen LogP contribution in [0.4, 0.5) is 0 Å². The summed E-state index contributed by atoms with van der Waals surface area (Å²) in [5, 5.41) is 0.886. The van der Waals surface area contributed by atoms with Crippen molar-refractivity contribution in [3.63, 3.8) is 0 Å². The smallest absolute Gasteiger partial charge is 0.0441 e. The van der Waals surface area contributed by atoms with Gasteiger partial charge in [-0.1, -0.05) is 103 Å². The summed E-state index contributed by atoms with van der Waals surface area (Å²) in [5.74, 6) is 2.24. The topological polar surface area (TPSA) is 0 Å². The zero-order valence-corrected chi connectivity index (χ0v) is 21.2. The SMILES string of the molecule is CCCc1ccc(Cc2cc(CCC(C)CC(C(C)C)C(C)(C)C)ccc2Cl)cc1. The Kier molecular flexibility index (Phi) is 9.48. The summed E-state index contributed by atoms with van der Waals surface area (Å²) >= 11 is 6.54. The molecule has 0 amide bonds. The van der Waals surface area contributed by atoms with Gasteiger partial charge in [0, 0.05) is 5.02 Å². The number of aryl methyl sites for hydroxylation is 2. The molecule has 0 aromatic heterocycles. The predicted molar refractivity (Wildman–Crippen MR) is 135 cm³/mol. The molecular formula is C29H43Cl. The van der Waals surface area contributed by atoms with Crippen molar-refractivity contribution in [1.82, 2.24) is 0 Å². The van der Waals surface area contributed by atoms with E-state index in [2.05, 4.69) is 90.9 Å². The molecule has 0 nitrogen and oxygen atoms in total. The van der Waals surface area contributed by atoms with E-state index in [0.717, 1.165) is 42.0 Å². The molecule has 2 rings (SSSR count). The van der Waals surface area contributed by atoms with Crippen LogP contribution in [0.5, 0.6) is 0 Å². The first-order chi connectivity index (χ1) is 14.1. The van der Waals surface area contributed by atoms with Crippen LogP contribution in [-0.2, 0) is 19.3 Å². The molecule has 0 radical (unpaired) electrons. The average Bonchev–Trinajstić information content (AvgIpc) is 2.67. The third-order valence-corrected chi connectivity index (χ3v) is 6.93. The third-order valence-electron chi connectivity index (χ3n) is 6.57. The molecule has 2 aromatic rings. The van der Waals surface area contributed by atoms with E-state index in [4.69, 9.17) is 11.6 Å². The maximum atomic E-state index is 6.54. The van der Waals surface area contributed by atoms with E-state index < -0.39 is 0 Å². The monoisotopic (exact) mass is 426 g/mol. The first-order valence-corrected chi connectivity index (χ1v) is 12.3. The van der Waals surface area contributed by atoms with Gasteiger partial charge in [0.25, 0.3) is 0 Å². The molecule has 0 bridgehead atoms. The van der Waals surface area contributed by atoms with Gasteiger partial charge in [0.15, 0.2) is 0 Å². The molecule has 0 spiro atoms. The highest BCUT2D eigenvalue weighted by atomic mass is 35.5. The second-order valence-corrected chi connectivity index (χ2v) is 11.2. The summed E-state index contributed by atoms with van der Waals surface area (Å²) in [4.78, 5) is 0. The number of hydrogen-bond donors (Lipinski definition) is 0. The first-order valence-electron chi connectivity index (χ1n) is 11.9. The molecule has 0 aliphatic carbocycles. The van der Waals surface area contributed by atoms with Crippen LogP contribution in [0, 0.1) is 23.2 Å². The number of halogens is 1. The molecule has 0 saturated carbocycles. The van der Waals surface area contributed by atoms with Crippen LogP contribution in [0.15, 0.2) is 42.5 Å². The van der Waals surface area contributed by atoms with E-state index in [1.54, 1.807) is 0 Å². The summed E-state index contributed by atoms with van der Waals surface area (Å²) in [5.41, 5.74) is 5.81. The van der Waals surface area contributed by atoms with Crippen LogP contribution >= 0.6 is 11.6 Å². The minimum absolute atomic E-state index is 0.378. The Labute approximate surface area is 191 Å². The average molecular weight is 427 g/mol. The van der Waals surface area contributed by atoms with Crippen molar-refractivity contribution in [1.29, 1.82) is 0 Å². The molecule has 30 heavy (non-hydrogen) atoms. The van der Waals surface area contributed by atoms with Gasteiger partial charge in [0.05, 0.1) is 0 Å². The van der Waals surface area contributed by atoms with Gasteiger partial charge in [0.1, 0.15) is 0 Å². The Hall–Kier alpha value is -1.27. The van der Waals surface area contributed by atoms with E-state index in [1.165, 1.54) is 41.5 Å². The minimum Gasteiger partial charge on any atom is -0.0840 e. The summed E-state index contributed by atoms with van der Waals surface area (Å²) < 4.78 is 0. The summed E-state index contributed by atoms with van der Waals surface area (Å²) in [6.07, 6.45) is 6.95. The predicted octanol–water partition coefficient (Wildman–Crippen LogP) is 9.16. The lowest BCUT2D eigenvalue weighted by atomic mass is 9.70. The van der Waals surface area contributed by atoms with Crippen molar-refractivity contribution in [2.45, 2.75) is 87.0 Å². The molecule has 0 aliphatic heterocycles. The molecule has 0 N–H and O–H groups in total. The van der Waals surface area contributed by atoms with Gasteiger partial charge in [-0.3, -0.25) is 0 Å². The van der Waals surface area contributed by atoms with Gasteiger partial charge in [0.2, 0.25) is 0 Å². The maximum absolute atomic E-state index is 6.54. The van der Waals surface area contributed by atoms with Gasteiger partial charge in [-0.05, 0) is 83.6 Å². The summed E-state index contributed by atoms with van der Waals surface area (Å²) in [7, 11) is 0. The Morgan fingerprint density at radius 3 is 2.00 bits per heavy atom. The molecule has 2 aromatic carbocycles. The van der Waals surface area contributed by atoms with E-state index in [9.17, 15) is 0 Å². The van der Waals surface area contributed by atoms with Crippen molar-refractivity contribution in [3.05, 3.63) is 69.7 Å². The van der Waals surface area contributed by atoms with Gasteiger partial charge in [-0.15, -0.1) is 0 Å². The van der Waals surface area contributed by atoms with Gasteiger partial charge >= 0.3 is 0 Å². The highest BCUT2D eigenvalue weighted by Crippen LogP contribution is 2.37. The Balaban J connectivity index is 1.99. The zero-order valence-electron chi connectivity index (χ0n) is 20.4. The highest BCUT2D eigenvalue weighted by molar-refractivity contribution is 6.31. The molecular weight excluding hydrogens is 384 g/mol. The fourth-order valence-electron chi connectivity index (χ4n) is 4.84. The van der Waals surface area contributed by atoms with Crippen LogP contribution < -0.4 is 0 Å². The quantitative estimate of drug-likeness (QED) is 0.355. The van der Waals surface area contributed by atoms with Crippen LogP contribution in [0.25, 0.3) is 0 Å². The summed E-state index contributed by atoms with van der Waals surface area (Å²) in [6.45, 7) is 16.6. The minimum atomic E-state index is 0.378. The van der Waals surface area contributed by atoms with Gasteiger partial charge in [-0.25, -0.2) is 0 Å². The summed E-state index contributed by atoms with van der Waals surface area (Å²) in [6, 6.07) is 15.7. The second kappa shape index (κ2) is 11.4. The lowest BCUT2D eigenvalue weighted by molar-refractivity contribution is 0.143. The number of rotatable bonds is 10. The zero-order chi connectivity index (χ0) is 22.3. The highest BCUT2D eigenvalue weighted by Gasteiger charge is 2.28. The van der Waals surface area contributed by atoms with Crippen LogP contribution in [0.1, 0.15) is 90.0 Å². The van der Waals surface area contributed by atoms with Crippen LogP contribution in [0.3, 0.4) is 0 Å². The van der Waals surface area contributed by atoms with Crippen molar-refractivity contribution in [3.8, 4) is 0 Å². The third kappa shape index (κ3) is 7.77. The molecule has 2 atom stereocenters. The van der Waals surface area contributed by atoms with E-state index >= 15 is 0 Å². The van der Waals surface area contributed by atoms with Crippen molar-refractivity contribution in [2.75, 3.05) is 0 Å². The molecule has 0 aliphatic rings. The lowest BCUT2D eigenvalue weighted by Gasteiger charge is -2.36. The number of benzene rings is 2. The molecule has 0 heterocycles. The fourth-order valence-corrected chi connectivity index (χ4v) is 5.03. The molecule has 0 saturated heterocycles. The standard InChI is InChI=1S/C29H43Cl/c1-8-9-23-12-14-25(15-13-23)20-26-19-24(16-17-28(26)30)11-10-22(4)18-27(21(2)3)29(5,6)7/h12-17,19,21-22,27H,8-11,18,20H2,1-7H3. The Morgan fingerprint density at radius 2 is 1.43 bits per heavy atom. The van der Waals surface area contributed by atoms with Gasteiger partial charge in [-0.2, -0.15) is 0 Å². The first kappa shape index (κ1) is 25.0. The lowest BCUT2D eigenvalue weighted by Crippen LogP contribution is -2.27. The van der Waals surface area contributed by atoms with Crippen LogP contribution in [0.2, 0.25) is 5.02 Å². The molecule has 0 fully saturated rings. The van der Waals surface area contributed by atoms with E-state index in [1.807, 2.05) is 0 Å². The van der Waals surface area contributed by atoms with Gasteiger partial charge < -0.3 is 0 Å². The van der Waals surface area contributed by atoms with Crippen molar-refractivity contribution < 1.29 is 0 Å². The van der Waals surface area contributed by atoms with Crippen LogP contribution in [-0.4, -0.2) is 0 Å². The second-order valence-electron chi connectivity index (χ2n) is 10.8. The number of hydrogen-bond acceptors (Lipinski definition) is 0. The maximum Gasteiger partial charge on any atom is 0.0441 e. The largest absolute Gasteiger partial charge is 0.0840 e. The fraction of sp³-hybridized carbons (Fsp3) is 0.586. The molecule has 1 heteroatoms. The van der Waals surface area contributed by atoms with E-state index in [-0.39, 0.29) is 0 Å². The molecule has 2 unspecified atom stereocenters. The van der Waals surface area contributed by atoms with Crippen molar-refractivity contribution >= 4 is 11.6 Å². The molecule has 166 valence electrons. The van der Waals surface area contributed by atoms with Crippen molar-refractivity contribution in [2.24, 2.45) is 23.2 Å². The Morgan fingerprint density at radius 1 is 0.833 bits per heavy atom. The normalized spacial score (nSPS) is 14.2. The van der Waals surface area contributed by atoms with E-state index in [0.29, 0.717) is 5.41 Å².